The number of hydrogen-bond donors (Lipinski definition) is 2. The first-order chi connectivity index (χ1) is 6.63. The van der Waals surface area contributed by atoms with E-state index in [-0.39, 0.29) is 6.04 Å². The number of nitrogens with zero attached hydrogens (tertiary/aromatic N) is 1. The molecule has 1 rings (SSSR count). The highest BCUT2D eigenvalue weighted by molar-refractivity contribution is 6.31. The number of amides is 1. The van der Waals surface area contributed by atoms with Crippen molar-refractivity contribution >= 4 is 11.9 Å². The van der Waals surface area contributed by atoms with Gasteiger partial charge in [0.1, 0.15) is 0 Å². The minimum Gasteiger partial charge on any atom is -0.474 e. The van der Waals surface area contributed by atoms with E-state index < -0.39 is 11.9 Å². The Hall–Kier alpha value is -1.10. The number of carbonyl (C=O) groups is 2. The van der Waals surface area contributed by atoms with E-state index in [1.54, 1.807) is 0 Å². The summed E-state index contributed by atoms with van der Waals surface area (Å²) in [6.07, 6.45) is 1.88. The van der Waals surface area contributed by atoms with Crippen LogP contribution in [0.4, 0.5) is 0 Å². The summed E-state index contributed by atoms with van der Waals surface area (Å²) in [5.74, 6) is -2.30. The Balaban J connectivity index is 2.37. The van der Waals surface area contributed by atoms with Gasteiger partial charge in [-0.1, -0.05) is 6.92 Å². The maximum absolute atomic E-state index is 10.9. The first kappa shape index (κ1) is 11.0. The Bertz CT molecular complexity index is 230. The highest BCUT2D eigenvalue weighted by Crippen LogP contribution is 2.09. The van der Waals surface area contributed by atoms with Crippen molar-refractivity contribution in [2.75, 3.05) is 19.6 Å². The molecule has 1 aliphatic rings. The smallest absolute Gasteiger partial charge is 0.394 e. The van der Waals surface area contributed by atoms with Crippen molar-refractivity contribution in [3.8, 4) is 0 Å². The van der Waals surface area contributed by atoms with E-state index in [0.717, 1.165) is 32.5 Å². The molecule has 80 valence electrons. The number of carboxylic acid groups (broad SMARTS) is 1. The molecule has 1 amide bonds. The Morgan fingerprint density at radius 2 is 2.29 bits per heavy atom. The molecule has 0 aromatic carbocycles. The molecule has 0 saturated carbocycles. The van der Waals surface area contributed by atoms with E-state index in [2.05, 4.69) is 17.1 Å². The van der Waals surface area contributed by atoms with Gasteiger partial charge in [0, 0.05) is 12.6 Å². The molecule has 2 N–H and O–H groups in total. The minimum absolute atomic E-state index is 0.00713. The summed E-state index contributed by atoms with van der Waals surface area (Å²) in [4.78, 5) is 23.4. The first-order valence-corrected chi connectivity index (χ1v) is 4.89. The van der Waals surface area contributed by atoms with Crippen LogP contribution >= 0.6 is 0 Å². The molecule has 1 atom stereocenters. The van der Waals surface area contributed by atoms with E-state index in [1.807, 2.05) is 0 Å². The molecule has 1 unspecified atom stereocenters. The molecule has 1 saturated heterocycles. The number of piperidine rings is 1. The van der Waals surface area contributed by atoms with Gasteiger partial charge in [0.15, 0.2) is 0 Å². The lowest BCUT2D eigenvalue weighted by Gasteiger charge is -2.31. The number of rotatable bonds is 2. The molecule has 5 heteroatoms. The molecular formula is C9H16N2O3. The zero-order valence-corrected chi connectivity index (χ0v) is 8.32. The number of carboxylic acids is 1. The van der Waals surface area contributed by atoms with Gasteiger partial charge < -0.3 is 15.3 Å². The van der Waals surface area contributed by atoms with Gasteiger partial charge in [0.05, 0.1) is 0 Å². The second kappa shape index (κ2) is 4.95. The van der Waals surface area contributed by atoms with Crippen LogP contribution in [0.3, 0.4) is 0 Å². The van der Waals surface area contributed by atoms with Crippen molar-refractivity contribution in [1.29, 1.82) is 0 Å². The summed E-state index contributed by atoms with van der Waals surface area (Å²) in [6, 6.07) is -0.00713. The number of likely N-dealkylation sites (N-methyl/N-ethyl adjacent to an activating group) is 1. The van der Waals surface area contributed by atoms with Crippen molar-refractivity contribution in [2.45, 2.75) is 25.8 Å². The van der Waals surface area contributed by atoms with Crippen molar-refractivity contribution in [3.05, 3.63) is 0 Å². The number of hydrogen-bond acceptors (Lipinski definition) is 3. The third kappa shape index (κ3) is 2.99. The maximum atomic E-state index is 10.9. The van der Waals surface area contributed by atoms with Gasteiger partial charge in [-0.25, -0.2) is 4.79 Å². The fraction of sp³-hybridized carbons (Fsp3) is 0.778. The van der Waals surface area contributed by atoms with E-state index in [0.29, 0.717) is 0 Å². The molecule has 1 aliphatic heterocycles. The van der Waals surface area contributed by atoms with Crippen molar-refractivity contribution in [1.82, 2.24) is 10.2 Å². The Kier molecular flexibility index (Phi) is 3.88. The number of aliphatic carboxylic acids is 1. The molecule has 0 spiro atoms. The number of likely N-dealkylation sites (tertiary alicyclic amines) is 1. The van der Waals surface area contributed by atoms with Gasteiger partial charge in [-0.05, 0) is 25.9 Å². The van der Waals surface area contributed by atoms with Crippen LogP contribution in [-0.2, 0) is 9.59 Å². The van der Waals surface area contributed by atoms with E-state index in [9.17, 15) is 9.59 Å². The van der Waals surface area contributed by atoms with Crippen LogP contribution in [0.25, 0.3) is 0 Å². The monoisotopic (exact) mass is 200 g/mol. The van der Waals surface area contributed by atoms with Gasteiger partial charge in [-0.2, -0.15) is 0 Å². The van der Waals surface area contributed by atoms with Gasteiger partial charge in [-0.15, -0.1) is 0 Å². The van der Waals surface area contributed by atoms with E-state index in [4.69, 9.17) is 5.11 Å². The van der Waals surface area contributed by atoms with Crippen LogP contribution in [0.2, 0.25) is 0 Å². The predicted octanol–water partition coefficient (Wildman–Crippen LogP) is -0.328. The van der Waals surface area contributed by atoms with Crippen LogP contribution in [-0.4, -0.2) is 47.6 Å². The van der Waals surface area contributed by atoms with Gasteiger partial charge in [-0.3, -0.25) is 4.79 Å². The summed E-state index contributed by atoms with van der Waals surface area (Å²) < 4.78 is 0. The topological polar surface area (TPSA) is 69.6 Å². The second-order valence-electron chi connectivity index (χ2n) is 3.51. The fourth-order valence-corrected chi connectivity index (χ4v) is 1.71. The lowest BCUT2D eigenvalue weighted by molar-refractivity contribution is -0.150. The average molecular weight is 200 g/mol. The summed E-state index contributed by atoms with van der Waals surface area (Å²) in [7, 11) is 0. The highest BCUT2D eigenvalue weighted by atomic mass is 16.4. The van der Waals surface area contributed by atoms with Crippen LogP contribution < -0.4 is 5.32 Å². The van der Waals surface area contributed by atoms with Crippen LogP contribution in [0.15, 0.2) is 0 Å². The fourth-order valence-electron chi connectivity index (χ4n) is 1.71. The minimum atomic E-state index is -1.40. The number of carbonyl (C=O) groups excluding carboxylic acids is 1. The van der Waals surface area contributed by atoms with Crippen LogP contribution in [0.1, 0.15) is 19.8 Å². The van der Waals surface area contributed by atoms with Crippen molar-refractivity contribution < 1.29 is 14.7 Å². The van der Waals surface area contributed by atoms with Gasteiger partial charge in [0.2, 0.25) is 0 Å². The molecular weight excluding hydrogens is 184 g/mol. The summed E-state index contributed by atoms with van der Waals surface area (Å²) in [5, 5.41) is 10.9. The molecule has 1 fully saturated rings. The molecule has 1 heterocycles. The molecule has 0 radical (unpaired) electrons. The van der Waals surface area contributed by atoms with Crippen LogP contribution in [0, 0.1) is 0 Å². The summed E-state index contributed by atoms with van der Waals surface area (Å²) in [5.41, 5.74) is 0. The van der Waals surface area contributed by atoms with E-state index in [1.165, 1.54) is 0 Å². The number of nitrogens with one attached hydrogen (secondary N) is 1. The Morgan fingerprint density at radius 3 is 2.86 bits per heavy atom. The van der Waals surface area contributed by atoms with Crippen molar-refractivity contribution in [2.24, 2.45) is 0 Å². The molecule has 14 heavy (non-hydrogen) atoms. The third-order valence-electron chi connectivity index (χ3n) is 2.48. The largest absolute Gasteiger partial charge is 0.474 e. The first-order valence-electron chi connectivity index (χ1n) is 4.89. The summed E-state index contributed by atoms with van der Waals surface area (Å²) in [6.45, 7) is 4.80. The lowest BCUT2D eigenvalue weighted by Crippen LogP contribution is -2.49. The molecule has 5 nitrogen and oxygen atoms in total. The normalized spacial score (nSPS) is 23.1. The second-order valence-corrected chi connectivity index (χ2v) is 3.51. The zero-order chi connectivity index (χ0) is 10.6. The maximum Gasteiger partial charge on any atom is 0.394 e. The van der Waals surface area contributed by atoms with E-state index >= 15 is 0 Å². The van der Waals surface area contributed by atoms with Crippen molar-refractivity contribution in [3.63, 3.8) is 0 Å². The summed E-state index contributed by atoms with van der Waals surface area (Å²) >= 11 is 0. The average Bonchev–Trinajstić information content (AvgIpc) is 2.18. The highest BCUT2D eigenvalue weighted by Gasteiger charge is 2.22. The third-order valence-corrected chi connectivity index (χ3v) is 2.48. The lowest BCUT2D eigenvalue weighted by atomic mass is 10.1. The SMILES string of the molecule is CCN1CCCC(NC(=O)C(=O)O)C1. The Morgan fingerprint density at radius 1 is 1.57 bits per heavy atom. The van der Waals surface area contributed by atoms with Gasteiger partial charge >= 0.3 is 11.9 Å². The quantitative estimate of drug-likeness (QED) is 0.599. The standard InChI is InChI=1S/C9H16N2O3/c1-2-11-5-3-4-7(6-11)10-8(12)9(13)14/h7H,2-6H2,1H3,(H,10,12)(H,13,14). The molecule has 0 bridgehead atoms. The predicted molar refractivity (Wildman–Crippen MR) is 50.9 cm³/mol. The molecule has 0 aromatic heterocycles. The molecule has 0 aromatic rings. The molecule has 0 aliphatic carbocycles. The zero-order valence-electron chi connectivity index (χ0n) is 8.32. The van der Waals surface area contributed by atoms with Gasteiger partial charge in [0.25, 0.3) is 0 Å². The van der Waals surface area contributed by atoms with Crippen LogP contribution in [0.5, 0.6) is 0 Å². The Labute approximate surface area is 83.1 Å².